The van der Waals surface area contributed by atoms with E-state index in [0.29, 0.717) is 27.9 Å². The van der Waals surface area contributed by atoms with Crippen molar-refractivity contribution in [3.63, 3.8) is 0 Å². The lowest BCUT2D eigenvalue weighted by molar-refractivity contribution is 0.0938. The predicted octanol–water partition coefficient (Wildman–Crippen LogP) is 1.92. The second kappa shape index (κ2) is 6.89. The fourth-order valence-corrected chi connectivity index (χ4v) is 2.55. The summed E-state index contributed by atoms with van der Waals surface area (Å²) < 4.78 is 11.7. The average molecular weight is 333 g/mol. The summed E-state index contributed by atoms with van der Waals surface area (Å²) in [5.41, 5.74) is 6.71. The lowest BCUT2D eigenvalue weighted by Gasteiger charge is -2.14. The highest BCUT2D eigenvalue weighted by molar-refractivity contribution is 9.10. The third-order valence-electron chi connectivity index (χ3n) is 2.45. The topological polar surface area (TPSA) is 72.2 Å². The predicted molar refractivity (Wildman–Crippen MR) is 79.0 cm³/mol. The Balaban J connectivity index is 2.64. The van der Waals surface area contributed by atoms with Crippen molar-refractivity contribution in [3.8, 4) is 0 Å². The Kier molecular flexibility index (Phi) is 5.81. The van der Waals surface area contributed by atoms with Gasteiger partial charge in [0.2, 0.25) is 0 Å². The summed E-state index contributed by atoms with van der Waals surface area (Å²) in [6, 6.07) is 5.08. The monoisotopic (exact) mass is 332 g/mol. The molecule has 0 radical (unpaired) electrons. The zero-order chi connectivity index (χ0) is 13.7. The maximum Gasteiger partial charge on any atom is 0.252 e. The third kappa shape index (κ3) is 4.78. The standard InChI is InChI=1S/C12H17BrN2O2S/c1-8(5-6-18(2)17)15-12(16)10-7-9(14)3-4-11(10)13/h3-4,7-8H,5-6,14H2,1-2H3,(H,15,16). The number of benzene rings is 1. The Labute approximate surface area is 118 Å². The Morgan fingerprint density at radius 3 is 2.83 bits per heavy atom. The van der Waals surface area contributed by atoms with E-state index in [1.54, 1.807) is 24.5 Å². The summed E-state index contributed by atoms with van der Waals surface area (Å²) in [5.74, 6) is 0.406. The molecule has 2 unspecified atom stereocenters. The number of hydrogen-bond donors (Lipinski definition) is 2. The normalized spacial score (nSPS) is 13.9. The van der Waals surface area contributed by atoms with Gasteiger partial charge in [-0.1, -0.05) is 0 Å². The summed E-state index contributed by atoms with van der Waals surface area (Å²) >= 11 is 3.32. The first kappa shape index (κ1) is 15.2. The van der Waals surface area contributed by atoms with Gasteiger partial charge in [-0.25, -0.2) is 0 Å². The molecule has 0 saturated heterocycles. The molecule has 0 aliphatic rings. The van der Waals surface area contributed by atoms with Crippen LogP contribution in [0.3, 0.4) is 0 Å². The van der Waals surface area contributed by atoms with Crippen molar-refractivity contribution in [2.75, 3.05) is 17.7 Å². The minimum absolute atomic E-state index is 0.0188. The number of anilines is 1. The van der Waals surface area contributed by atoms with Crippen LogP contribution in [-0.4, -0.2) is 28.2 Å². The van der Waals surface area contributed by atoms with Crippen LogP contribution in [-0.2, 0) is 10.8 Å². The second-order valence-corrected chi connectivity index (χ2v) is 6.59. The molecule has 100 valence electrons. The van der Waals surface area contributed by atoms with E-state index >= 15 is 0 Å². The Bertz CT molecular complexity index is 465. The van der Waals surface area contributed by atoms with Gasteiger partial charge in [-0.05, 0) is 47.5 Å². The van der Waals surface area contributed by atoms with Gasteiger partial charge in [0.15, 0.2) is 0 Å². The van der Waals surface area contributed by atoms with Gasteiger partial charge in [-0.2, -0.15) is 0 Å². The molecule has 4 nitrogen and oxygen atoms in total. The Morgan fingerprint density at radius 2 is 2.22 bits per heavy atom. The quantitative estimate of drug-likeness (QED) is 0.809. The number of carbonyl (C=O) groups excluding carboxylic acids is 1. The largest absolute Gasteiger partial charge is 0.399 e. The summed E-state index contributed by atoms with van der Waals surface area (Å²) in [5, 5.41) is 2.86. The first-order chi connectivity index (χ1) is 8.40. The molecule has 0 heterocycles. The lowest BCUT2D eigenvalue weighted by atomic mass is 10.1. The molecule has 0 bridgehead atoms. The molecule has 3 N–H and O–H groups in total. The van der Waals surface area contributed by atoms with Gasteiger partial charge < -0.3 is 11.1 Å². The van der Waals surface area contributed by atoms with E-state index in [4.69, 9.17) is 5.73 Å². The highest BCUT2D eigenvalue weighted by Gasteiger charge is 2.13. The van der Waals surface area contributed by atoms with Crippen molar-refractivity contribution in [2.45, 2.75) is 19.4 Å². The van der Waals surface area contributed by atoms with Crippen molar-refractivity contribution in [1.82, 2.24) is 5.32 Å². The number of nitrogens with two attached hydrogens (primary N) is 1. The molecule has 0 fully saturated rings. The number of nitrogens with one attached hydrogen (secondary N) is 1. The third-order valence-corrected chi connectivity index (χ3v) is 3.95. The number of amides is 1. The van der Waals surface area contributed by atoms with Crippen molar-refractivity contribution in [2.24, 2.45) is 0 Å². The number of hydrogen-bond acceptors (Lipinski definition) is 3. The first-order valence-corrected chi connectivity index (χ1v) is 8.08. The summed E-state index contributed by atoms with van der Waals surface area (Å²) in [4.78, 5) is 12.0. The molecule has 18 heavy (non-hydrogen) atoms. The maximum atomic E-state index is 12.0. The zero-order valence-electron chi connectivity index (χ0n) is 10.4. The summed E-state index contributed by atoms with van der Waals surface area (Å²) in [6.07, 6.45) is 2.35. The molecule has 0 saturated carbocycles. The van der Waals surface area contributed by atoms with Gasteiger partial charge in [-0.3, -0.25) is 9.00 Å². The molecule has 2 atom stereocenters. The number of carbonyl (C=O) groups is 1. The molecule has 1 amide bonds. The van der Waals surface area contributed by atoms with E-state index in [9.17, 15) is 9.00 Å². The zero-order valence-corrected chi connectivity index (χ0v) is 12.8. The van der Waals surface area contributed by atoms with Gasteiger partial charge in [0.25, 0.3) is 5.91 Å². The summed E-state index contributed by atoms with van der Waals surface area (Å²) in [6.45, 7) is 1.89. The van der Waals surface area contributed by atoms with Crippen molar-refractivity contribution >= 4 is 38.3 Å². The molecular weight excluding hydrogens is 316 g/mol. The fourth-order valence-electron chi connectivity index (χ4n) is 1.43. The molecule has 1 aromatic carbocycles. The molecule has 0 aliphatic heterocycles. The van der Waals surface area contributed by atoms with Crippen LogP contribution in [0.15, 0.2) is 22.7 Å². The smallest absolute Gasteiger partial charge is 0.252 e. The van der Waals surface area contributed by atoms with Crippen LogP contribution in [0.5, 0.6) is 0 Å². The fraction of sp³-hybridized carbons (Fsp3) is 0.417. The highest BCUT2D eigenvalue weighted by Crippen LogP contribution is 2.19. The first-order valence-electron chi connectivity index (χ1n) is 5.56. The molecule has 1 aromatic rings. The highest BCUT2D eigenvalue weighted by atomic mass is 79.9. The Hall–Kier alpha value is -0.880. The lowest BCUT2D eigenvalue weighted by Crippen LogP contribution is -2.33. The number of halogens is 1. The number of nitrogen functional groups attached to an aromatic ring is 1. The van der Waals surface area contributed by atoms with E-state index in [0.717, 1.165) is 0 Å². The van der Waals surface area contributed by atoms with Crippen LogP contribution in [0.25, 0.3) is 0 Å². The van der Waals surface area contributed by atoms with Crippen LogP contribution in [0.2, 0.25) is 0 Å². The van der Waals surface area contributed by atoms with Gasteiger partial charge in [0.1, 0.15) is 0 Å². The molecule has 1 rings (SSSR count). The van der Waals surface area contributed by atoms with Crippen LogP contribution >= 0.6 is 15.9 Å². The molecule has 0 aliphatic carbocycles. The molecule has 6 heteroatoms. The van der Waals surface area contributed by atoms with E-state index in [2.05, 4.69) is 21.2 Å². The van der Waals surface area contributed by atoms with Crippen molar-refractivity contribution < 1.29 is 9.00 Å². The van der Waals surface area contributed by atoms with Gasteiger partial charge in [0.05, 0.1) is 5.56 Å². The molecule has 0 spiro atoms. The average Bonchev–Trinajstić information content (AvgIpc) is 2.29. The van der Waals surface area contributed by atoms with Crippen LogP contribution in [0.4, 0.5) is 5.69 Å². The molecular formula is C12H17BrN2O2S. The van der Waals surface area contributed by atoms with Crippen molar-refractivity contribution in [1.29, 1.82) is 0 Å². The van der Waals surface area contributed by atoms with Gasteiger partial charge in [-0.15, -0.1) is 0 Å². The van der Waals surface area contributed by atoms with Crippen LogP contribution < -0.4 is 11.1 Å². The Morgan fingerprint density at radius 1 is 1.56 bits per heavy atom. The SMILES string of the molecule is CC(CCS(C)=O)NC(=O)c1cc(N)ccc1Br. The van der Waals surface area contributed by atoms with E-state index < -0.39 is 10.8 Å². The maximum absolute atomic E-state index is 12.0. The second-order valence-electron chi connectivity index (χ2n) is 4.18. The number of rotatable bonds is 5. The van der Waals surface area contributed by atoms with E-state index in [-0.39, 0.29) is 11.9 Å². The minimum atomic E-state index is -0.834. The minimum Gasteiger partial charge on any atom is -0.399 e. The van der Waals surface area contributed by atoms with Crippen LogP contribution in [0.1, 0.15) is 23.7 Å². The van der Waals surface area contributed by atoms with E-state index in [1.807, 2.05) is 6.92 Å². The van der Waals surface area contributed by atoms with E-state index in [1.165, 1.54) is 0 Å². The van der Waals surface area contributed by atoms with Gasteiger partial charge >= 0.3 is 0 Å². The molecule has 0 aromatic heterocycles. The van der Waals surface area contributed by atoms with Crippen LogP contribution in [0, 0.1) is 0 Å². The van der Waals surface area contributed by atoms with Crippen molar-refractivity contribution in [3.05, 3.63) is 28.2 Å². The van der Waals surface area contributed by atoms with Gasteiger partial charge in [0, 0.05) is 39.0 Å². The summed E-state index contributed by atoms with van der Waals surface area (Å²) in [7, 11) is -0.834.